The van der Waals surface area contributed by atoms with Crippen molar-refractivity contribution < 1.29 is 23.2 Å². The van der Waals surface area contributed by atoms with Crippen molar-refractivity contribution in [3.05, 3.63) is 46.1 Å². The maximum atomic E-state index is 13.5. The molecule has 3 amide bonds. The molecule has 5 heterocycles. The molecule has 0 radical (unpaired) electrons. The zero-order chi connectivity index (χ0) is 26.4. The largest absolute Gasteiger partial charge is 0.326 e. The standard InChI is InChI=1S/C26H21F2N5O3S.ClH/c1-12-6-13(8-29)31-20(17(12)22(34)32-10-26(27,28)11-32)15-4-5-30-16-7-14(37-21(15)16)9-33-23(35)18-19(24(33)36)25(18,2)3;/h4-7,18-19H,9-11H2,1-3H3;1H. The van der Waals surface area contributed by atoms with Crippen LogP contribution in [0.25, 0.3) is 21.5 Å². The number of likely N-dealkylation sites (tertiary alicyclic amines) is 2. The lowest BCUT2D eigenvalue weighted by atomic mass is 9.98. The van der Waals surface area contributed by atoms with Crippen LogP contribution in [0.3, 0.4) is 0 Å². The smallest absolute Gasteiger partial charge is 0.282 e. The minimum absolute atomic E-state index is 0. The molecule has 1 aliphatic carbocycles. The maximum Gasteiger partial charge on any atom is 0.282 e. The van der Waals surface area contributed by atoms with Gasteiger partial charge in [-0.25, -0.2) is 13.8 Å². The third kappa shape index (κ3) is 3.77. The quantitative estimate of drug-likeness (QED) is 0.445. The Bertz CT molecular complexity index is 1570. The summed E-state index contributed by atoms with van der Waals surface area (Å²) in [6, 6.07) is 6.91. The molecular formula is C26H22ClF2N5O3S. The molecule has 2 aliphatic heterocycles. The topological polar surface area (TPSA) is 107 Å². The van der Waals surface area contributed by atoms with Gasteiger partial charge in [0.05, 0.1) is 52.9 Å². The predicted molar refractivity (Wildman–Crippen MR) is 137 cm³/mol. The summed E-state index contributed by atoms with van der Waals surface area (Å²) in [7, 11) is 0. The number of aryl methyl sites for hydroxylation is 1. The molecule has 0 aromatic carbocycles. The van der Waals surface area contributed by atoms with Gasteiger partial charge in [-0.2, -0.15) is 5.26 Å². The first-order chi connectivity index (χ1) is 17.4. The number of pyridine rings is 2. The second-order valence-corrected chi connectivity index (χ2v) is 11.6. The third-order valence-corrected chi connectivity index (χ3v) is 8.74. The van der Waals surface area contributed by atoms with Gasteiger partial charge in [0.15, 0.2) is 0 Å². The van der Waals surface area contributed by atoms with Gasteiger partial charge in [-0.05, 0) is 36.1 Å². The number of amides is 3. The van der Waals surface area contributed by atoms with Gasteiger partial charge in [0.2, 0.25) is 11.8 Å². The van der Waals surface area contributed by atoms with Crippen molar-refractivity contribution in [1.82, 2.24) is 19.8 Å². The summed E-state index contributed by atoms with van der Waals surface area (Å²) in [6.45, 7) is 4.28. The number of carbonyl (C=O) groups excluding carboxylic acids is 3. The predicted octanol–water partition coefficient (Wildman–Crippen LogP) is 4.19. The van der Waals surface area contributed by atoms with E-state index >= 15 is 0 Å². The summed E-state index contributed by atoms with van der Waals surface area (Å²) in [5.74, 6) is -4.37. The van der Waals surface area contributed by atoms with Crippen LogP contribution in [0.5, 0.6) is 0 Å². The summed E-state index contributed by atoms with van der Waals surface area (Å²) >= 11 is 1.32. The second kappa shape index (κ2) is 8.51. The first-order valence-corrected chi connectivity index (χ1v) is 12.6. The van der Waals surface area contributed by atoms with E-state index in [-0.39, 0.29) is 65.0 Å². The van der Waals surface area contributed by atoms with Crippen molar-refractivity contribution >= 4 is 51.7 Å². The Balaban J connectivity index is 0.00000294. The van der Waals surface area contributed by atoms with E-state index in [1.165, 1.54) is 22.3 Å². The minimum Gasteiger partial charge on any atom is -0.326 e. The lowest BCUT2D eigenvalue weighted by molar-refractivity contribution is -0.143. The number of hydrogen-bond donors (Lipinski definition) is 0. The molecule has 6 rings (SSSR count). The highest BCUT2D eigenvalue weighted by Crippen LogP contribution is 2.63. The van der Waals surface area contributed by atoms with Gasteiger partial charge >= 0.3 is 0 Å². The highest BCUT2D eigenvalue weighted by Gasteiger charge is 2.72. The zero-order valence-electron chi connectivity index (χ0n) is 20.6. The van der Waals surface area contributed by atoms with Crippen molar-refractivity contribution in [2.24, 2.45) is 17.3 Å². The number of aromatic nitrogens is 2. The highest BCUT2D eigenvalue weighted by atomic mass is 35.5. The number of rotatable bonds is 4. The minimum atomic E-state index is -2.92. The number of fused-ring (bicyclic) bond motifs is 2. The van der Waals surface area contributed by atoms with Crippen molar-refractivity contribution in [3.63, 3.8) is 0 Å². The highest BCUT2D eigenvalue weighted by molar-refractivity contribution is 7.19. The van der Waals surface area contributed by atoms with Gasteiger partial charge in [0, 0.05) is 16.6 Å². The van der Waals surface area contributed by atoms with Crippen molar-refractivity contribution in [2.75, 3.05) is 13.1 Å². The van der Waals surface area contributed by atoms with Gasteiger partial charge < -0.3 is 4.90 Å². The SMILES string of the molecule is Cc1cc(C#N)nc(-c2ccnc3cc(CN4C(=O)C5C(C4=O)C5(C)C)sc23)c1C(=O)N1CC(F)(F)C1.Cl. The summed E-state index contributed by atoms with van der Waals surface area (Å²) in [6.07, 6.45) is 1.54. The van der Waals surface area contributed by atoms with Gasteiger partial charge in [0.25, 0.3) is 11.8 Å². The molecule has 0 spiro atoms. The Morgan fingerprint density at radius 1 is 1.21 bits per heavy atom. The number of imide groups is 1. The Labute approximate surface area is 226 Å². The van der Waals surface area contributed by atoms with Gasteiger partial charge in [-0.1, -0.05) is 13.8 Å². The molecule has 3 fully saturated rings. The second-order valence-electron chi connectivity index (χ2n) is 10.5. The van der Waals surface area contributed by atoms with E-state index in [9.17, 15) is 28.4 Å². The molecule has 38 heavy (non-hydrogen) atoms. The number of nitriles is 1. The number of thiophene rings is 1. The summed E-state index contributed by atoms with van der Waals surface area (Å²) in [5, 5.41) is 9.50. The van der Waals surface area contributed by atoms with Crippen LogP contribution in [0.2, 0.25) is 0 Å². The van der Waals surface area contributed by atoms with Gasteiger partial charge in [0.1, 0.15) is 11.8 Å². The van der Waals surface area contributed by atoms with Gasteiger partial charge in [-0.15, -0.1) is 23.7 Å². The lowest BCUT2D eigenvalue weighted by Gasteiger charge is -2.39. The molecule has 3 aromatic rings. The number of nitrogens with zero attached hydrogens (tertiary/aromatic N) is 5. The average Bonchev–Trinajstić information content (AvgIpc) is 3.07. The molecule has 2 saturated heterocycles. The summed E-state index contributed by atoms with van der Waals surface area (Å²) in [4.78, 5) is 50.8. The van der Waals surface area contributed by atoms with Crippen LogP contribution < -0.4 is 0 Å². The number of alkyl halides is 2. The van der Waals surface area contributed by atoms with Crippen molar-refractivity contribution in [2.45, 2.75) is 33.2 Å². The molecule has 8 nitrogen and oxygen atoms in total. The summed E-state index contributed by atoms with van der Waals surface area (Å²) in [5.41, 5.74) is 1.74. The number of halogens is 3. The first kappa shape index (κ1) is 26.1. The fourth-order valence-corrected chi connectivity index (χ4v) is 6.69. The summed E-state index contributed by atoms with van der Waals surface area (Å²) < 4.78 is 27.7. The van der Waals surface area contributed by atoms with E-state index < -0.39 is 24.9 Å². The molecule has 3 aliphatic rings. The average molecular weight is 558 g/mol. The molecule has 2 unspecified atom stereocenters. The van der Waals surface area contributed by atoms with Crippen LogP contribution in [0.4, 0.5) is 8.78 Å². The van der Waals surface area contributed by atoms with Crippen LogP contribution >= 0.6 is 23.7 Å². The molecule has 0 bridgehead atoms. The van der Waals surface area contributed by atoms with Crippen LogP contribution in [0, 0.1) is 35.5 Å². The zero-order valence-corrected chi connectivity index (χ0v) is 22.3. The Morgan fingerprint density at radius 3 is 2.47 bits per heavy atom. The Kier molecular flexibility index (Phi) is 5.85. The lowest BCUT2D eigenvalue weighted by Crippen LogP contribution is -2.58. The van der Waals surface area contributed by atoms with Crippen LogP contribution in [0.15, 0.2) is 24.4 Å². The number of piperidine rings is 1. The third-order valence-electron chi connectivity index (χ3n) is 7.60. The van der Waals surface area contributed by atoms with E-state index in [4.69, 9.17) is 0 Å². The van der Waals surface area contributed by atoms with E-state index in [2.05, 4.69) is 9.97 Å². The molecule has 1 saturated carbocycles. The van der Waals surface area contributed by atoms with E-state index in [0.29, 0.717) is 21.3 Å². The van der Waals surface area contributed by atoms with E-state index in [1.54, 1.807) is 25.3 Å². The fourth-order valence-electron chi connectivity index (χ4n) is 5.58. The number of hydrogen-bond acceptors (Lipinski definition) is 7. The van der Waals surface area contributed by atoms with Crippen molar-refractivity contribution in [1.29, 1.82) is 5.26 Å². The molecule has 3 aromatic heterocycles. The Morgan fingerprint density at radius 2 is 1.87 bits per heavy atom. The molecular weight excluding hydrogens is 536 g/mol. The van der Waals surface area contributed by atoms with E-state index in [0.717, 1.165) is 9.78 Å². The molecule has 2 atom stereocenters. The van der Waals surface area contributed by atoms with Crippen LogP contribution in [0.1, 0.15) is 40.3 Å². The number of carbonyl (C=O) groups is 3. The van der Waals surface area contributed by atoms with Crippen molar-refractivity contribution in [3.8, 4) is 17.3 Å². The normalized spacial score (nSPS) is 22.5. The molecule has 0 N–H and O–H groups in total. The van der Waals surface area contributed by atoms with Crippen LogP contribution in [-0.4, -0.2) is 56.5 Å². The first-order valence-electron chi connectivity index (χ1n) is 11.7. The van der Waals surface area contributed by atoms with Crippen LogP contribution in [-0.2, 0) is 16.1 Å². The molecule has 12 heteroatoms. The fraction of sp³-hybridized carbons (Fsp3) is 0.385. The monoisotopic (exact) mass is 557 g/mol. The maximum absolute atomic E-state index is 13.5. The Hall–Kier alpha value is -3.49. The molecule has 196 valence electrons. The van der Waals surface area contributed by atoms with E-state index in [1.807, 2.05) is 19.9 Å². The van der Waals surface area contributed by atoms with Gasteiger partial charge in [-0.3, -0.25) is 24.3 Å².